The van der Waals surface area contributed by atoms with E-state index in [9.17, 15) is 14.4 Å². The molecule has 3 rings (SSSR count). The van der Waals surface area contributed by atoms with Gasteiger partial charge in [0.05, 0.1) is 5.92 Å². The number of rotatable bonds is 11. The number of carbonyl (C=O) groups is 3. The molecule has 182 valence electrons. The number of carboxylic acids is 1. The molecule has 0 aliphatic heterocycles. The van der Waals surface area contributed by atoms with Gasteiger partial charge in [-0.3, -0.25) is 9.59 Å². The fraction of sp³-hybridized carbons (Fsp3) is 0.444. The standard InChI is InChI=1S/C27H34N2O5/c1-17(12-13-25(30)31)14-15-28-26(32)18(2)19(3)29-27(33)34-16-24-22-10-6-4-8-20(22)21-9-5-7-11-23(21)24/h4-11,17-19,24H,12-16H2,1-3H3,(H,28,32)(H,29,33)(H,30,31). The number of alkyl carbamates (subject to hydrolysis) is 1. The van der Waals surface area contributed by atoms with Crippen molar-refractivity contribution in [1.29, 1.82) is 0 Å². The summed E-state index contributed by atoms with van der Waals surface area (Å²) in [6.07, 6.45) is 0.879. The number of carbonyl (C=O) groups excluding carboxylic acids is 2. The Labute approximate surface area is 200 Å². The SMILES string of the molecule is CC(CCNC(=O)C(C)C(C)NC(=O)OCC1c2ccccc2-c2ccccc21)CCC(=O)O. The number of fused-ring (bicyclic) bond motifs is 3. The third-order valence-electron chi connectivity index (χ3n) is 6.64. The molecule has 0 aromatic heterocycles. The molecule has 0 fully saturated rings. The Kier molecular flexibility index (Phi) is 8.68. The van der Waals surface area contributed by atoms with Gasteiger partial charge >= 0.3 is 12.1 Å². The summed E-state index contributed by atoms with van der Waals surface area (Å²) in [5, 5.41) is 14.4. The van der Waals surface area contributed by atoms with E-state index in [1.807, 2.05) is 31.2 Å². The summed E-state index contributed by atoms with van der Waals surface area (Å²) in [6.45, 7) is 6.21. The lowest BCUT2D eigenvalue weighted by atomic mass is 9.98. The van der Waals surface area contributed by atoms with Gasteiger partial charge in [-0.25, -0.2) is 4.79 Å². The van der Waals surface area contributed by atoms with E-state index in [2.05, 4.69) is 34.9 Å². The molecular weight excluding hydrogens is 432 g/mol. The number of carboxylic acid groups (broad SMARTS) is 1. The Morgan fingerprint density at radius 3 is 2.12 bits per heavy atom. The van der Waals surface area contributed by atoms with Crippen LogP contribution in [0.15, 0.2) is 48.5 Å². The minimum Gasteiger partial charge on any atom is -0.481 e. The highest BCUT2D eigenvalue weighted by Gasteiger charge is 2.29. The van der Waals surface area contributed by atoms with Crippen LogP contribution in [0.4, 0.5) is 4.79 Å². The largest absolute Gasteiger partial charge is 0.481 e. The van der Waals surface area contributed by atoms with Gasteiger partial charge in [0.2, 0.25) is 5.91 Å². The molecule has 1 aliphatic carbocycles. The lowest BCUT2D eigenvalue weighted by Crippen LogP contribution is -2.44. The van der Waals surface area contributed by atoms with Gasteiger partial charge in [-0.2, -0.15) is 0 Å². The molecule has 34 heavy (non-hydrogen) atoms. The van der Waals surface area contributed by atoms with E-state index in [1.54, 1.807) is 13.8 Å². The summed E-state index contributed by atoms with van der Waals surface area (Å²) in [4.78, 5) is 35.6. The summed E-state index contributed by atoms with van der Waals surface area (Å²) in [6, 6.07) is 15.9. The van der Waals surface area contributed by atoms with Crippen molar-refractivity contribution in [2.24, 2.45) is 11.8 Å². The van der Waals surface area contributed by atoms with Gasteiger partial charge in [0, 0.05) is 24.9 Å². The fourth-order valence-corrected chi connectivity index (χ4v) is 4.30. The van der Waals surface area contributed by atoms with Gasteiger partial charge in [-0.1, -0.05) is 62.4 Å². The van der Waals surface area contributed by atoms with Crippen molar-refractivity contribution in [3.63, 3.8) is 0 Å². The highest BCUT2D eigenvalue weighted by molar-refractivity contribution is 5.80. The molecule has 0 saturated heterocycles. The van der Waals surface area contributed by atoms with Crippen LogP contribution in [0.2, 0.25) is 0 Å². The zero-order valence-electron chi connectivity index (χ0n) is 20.0. The minimum atomic E-state index is -0.808. The summed E-state index contributed by atoms with van der Waals surface area (Å²) < 4.78 is 5.57. The predicted octanol–water partition coefficient (Wildman–Crippen LogP) is 4.56. The first-order valence-corrected chi connectivity index (χ1v) is 11.9. The fourth-order valence-electron chi connectivity index (χ4n) is 4.30. The van der Waals surface area contributed by atoms with Crippen LogP contribution in [-0.2, 0) is 14.3 Å². The molecule has 2 aromatic carbocycles. The third-order valence-corrected chi connectivity index (χ3v) is 6.64. The average molecular weight is 467 g/mol. The van der Waals surface area contributed by atoms with Crippen molar-refractivity contribution in [3.05, 3.63) is 59.7 Å². The summed E-state index contributed by atoms with van der Waals surface area (Å²) in [7, 11) is 0. The van der Waals surface area contributed by atoms with Crippen molar-refractivity contribution < 1.29 is 24.2 Å². The second-order valence-electron chi connectivity index (χ2n) is 9.16. The molecule has 0 saturated carbocycles. The van der Waals surface area contributed by atoms with Crippen LogP contribution in [-0.4, -0.2) is 42.3 Å². The highest BCUT2D eigenvalue weighted by Crippen LogP contribution is 2.44. The van der Waals surface area contributed by atoms with Gasteiger partial charge in [-0.05, 0) is 47.9 Å². The quantitative estimate of drug-likeness (QED) is 0.450. The summed E-state index contributed by atoms with van der Waals surface area (Å²) >= 11 is 0. The molecule has 2 amide bonds. The molecular formula is C27H34N2O5. The van der Waals surface area contributed by atoms with Crippen LogP contribution in [0.1, 0.15) is 57.1 Å². The number of ether oxygens (including phenoxy) is 1. The Hall–Kier alpha value is -3.35. The van der Waals surface area contributed by atoms with Gasteiger partial charge in [-0.15, -0.1) is 0 Å². The summed E-state index contributed by atoms with van der Waals surface area (Å²) in [5.74, 6) is -1.20. The van der Waals surface area contributed by atoms with Crippen molar-refractivity contribution >= 4 is 18.0 Å². The van der Waals surface area contributed by atoms with Crippen LogP contribution in [0.3, 0.4) is 0 Å². The Morgan fingerprint density at radius 1 is 0.941 bits per heavy atom. The molecule has 0 radical (unpaired) electrons. The number of amides is 2. The number of aliphatic carboxylic acids is 1. The van der Waals surface area contributed by atoms with Crippen molar-refractivity contribution in [2.45, 2.75) is 52.0 Å². The van der Waals surface area contributed by atoms with Crippen LogP contribution >= 0.6 is 0 Å². The summed E-state index contributed by atoms with van der Waals surface area (Å²) in [5.41, 5.74) is 4.64. The van der Waals surface area contributed by atoms with Gasteiger partial charge in [0.25, 0.3) is 0 Å². The molecule has 0 spiro atoms. The molecule has 2 aromatic rings. The van der Waals surface area contributed by atoms with Crippen LogP contribution in [0, 0.1) is 11.8 Å². The van der Waals surface area contributed by atoms with E-state index >= 15 is 0 Å². The van der Waals surface area contributed by atoms with Crippen LogP contribution in [0.25, 0.3) is 11.1 Å². The normalized spacial score (nSPS) is 14.9. The molecule has 1 aliphatic rings. The molecule has 3 atom stereocenters. The Bertz CT molecular complexity index is 976. The average Bonchev–Trinajstić information content (AvgIpc) is 3.14. The lowest BCUT2D eigenvalue weighted by molar-refractivity contribution is -0.137. The first kappa shape index (κ1) is 25.3. The highest BCUT2D eigenvalue weighted by atomic mass is 16.5. The first-order valence-electron chi connectivity index (χ1n) is 11.9. The second-order valence-corrected chi connectivity index (χ2v) is 9.16. The molecule has 3 N–H and O–H groups in total. The first-order chi connectivity index (χ1) is 16.3. The van der Waals surface area contributed by atoms with Gasteiger partial charge < -0.3 is 20.5 Å². The topological polar surface area (TPSA) is 105 Å². The zero-order valence-corrected chi connectivity index (χ0v) is 20.0. The van der Waals surface area contributed by atoms with Crippen molar-refractivity contribution in [2.75, 3.05) is 13.2 Å². The molecule has 0 bridgehead atoms. The molecule has 7 heteroatoms. The number of hydrogen-bond acceptors (Lipinski definition) is 4. The minimum absolute atomic E-state index is 0.0164. The zero-order chi connectivity index (χ0) is 24.7. The van der Waals surface area contributed by atoms with Crippen LogP contribution < -0.4 is 10.6 Å². The van der Waals surface area contributed by atoms with E-state index < -0.39 is 24.0 Å². The van der Waals surface area contributed by atoms with Crippen LogP contribution in [0.5, 0.6) is 0 Å². The maximum absolute atomic E-state index is 12.5. The van der Waals surface area contributed by atoms with Crippen molar-refractivity contribution in [3.8, 4) is 11.1 Å². The monoisotopic (exact) mass is 466 g/mol. The molecule has 3 unspecified atom stereocenters. The Morgan fingerprint density at radius 2 is 1.53 bits per heavy atom. The van der Waals surface area contributed by atoms with E-state index in [0.717, 1.165) is 11.1 Å². The smallest absolute Gasteiger partial charge is 0.407 e. The van der Waals surface area contributed by atoms with E-state index in [-0.39, 0.29) is 30.8 Å². The number of hydrogen-bond donors (Lipinski definition) is 3. The predicted molar refractivity (Wildman–Crippen MR) is 130 cm³/mol. The van der Waals surface area contributed by atoms with E-state index in [4.69, 9.17) is 9.84 Å². The maximum atomic E-state index is 12.5. The number of benzene rings is 2. The lowest BCUT2D eigenvalue weighted by Gasteiger charge is -2.22. The second kappa shape index (κ2) is 11.7. The third kappa shape index (κ3) is 6.37. The van der Waals surface area contributed by atoms with E-state index in [0.29, 0.717) is 19.4 Å². The molecule has 0 heterocycles. The van der Waals surface area contributed by atoms with Gasteiger partial charge in [0.1, 0.15) is 6.61 Å². The Balaban J connectivity index is 1.45. The van der Waals surface area contributed by atoms with Crippen molar-refractivity contribution in [1.82, 2.24) is 10.6 Å². The molecule has 7 nitrogen and oxygen atoms in total. The van der Waals surface area contributed by atoms with Gasteiger partial charge in [0.15, 0.2) is 0 Å². The maximum Gasteiger partial charge on any atom is 0.407 e. The number of nitrogens with one attached hydrogen (secondary N) is 2. The van der Waals surface area contributed by atoms with E-state index in [1.165, 1.54) is 11.1 Å².